The SMILES string of the molecule is N=CC(CNC[C@H]1CCC(=O)N1)c1cnc2ccc(Cl)nc2c1. The van der Waals surface area contributed by atoms with Gasteiger partial charge in [-0.1, -0.05) is 11.6 Å². The Labute approximate surface area is 139 Å². The summed E-state index contributed by atoms with van der Waals surface area (Å²) < 4.78 is 0. The van der Waals surface area contributed by atoms with Gasteiger partial charge in [0.25, 0.3) is 0 Å². The number of nitrogens with one attached hydrogen (secondary N) is 3. The van der Waals surface area contributed by atoms with Gasteiger partial charge in [0, 0.05) is 43.9 Å². The van der Waals surface area contributed by atoms with E-state index < -0.39 is 0 Å². The Morgan fingerprint density at radius 1 is 1.48 bits per heavy atom. The molecular weight excluding hydrogens is 314 g/mol. The van der Waals surface area contributed by atoms with Crippen molar-refractivity contribution in [3.05, 3.63) is 35.1 Å². The predicted molar refractivity (Wildman–Crippen MR) is 90.1 cm³/mol. The normalized spacial score (nSPS) is 18.8. The van der Waals surface area contributed by atoms with Gasteiger partial charge in [-0.15, -0.1) is 0 Å². The standard InChI is InChI=1S/C16H18ClN5O/c17-15-3-2-13-14(22-15)5-10(8-20-13)11(6-18)7-19-9-12-1-4-16(23)21-12/h2-3,5-6,8,11-12,18-19H,1,4,7,9H2,(H,21,23)/t11?,12-/m1/s1. The molecule has 120 valence electrons. The van der Waals surface area contributed by atoms with E-state index in [0.29, 0.717) is 24.7 Å². The molecule has 23 heavy (non-hydrogen) atoms. The van der Waals surface area contributed by atoms with Crippen LogP contribution in [0.5, 0.6) is 0 Å². The van der Waals surface area contributed by atoms with Crippen LogP contribution in [-0.4, -0.2) is 41.2 Å². The van der Waals surface area contributed by atoms with E-state index in [1.807, 2.05) is 12.1 Å². The molecule has 1 unspecified atom stereocenters. The molecule has 0 saturated carbocycles. The average Bonchev–Trinajstić information content (AvgIpc) is 2.96. The maximum atomic E-state index is 11.2. The second-order valence-corrected chi connectivity index (χ2v) is 6.06. The third-order valence-corrected chi connectivity index (χ3v) is 4.20. The van der Waals surface area contributed by atoms with Gasteiger partial charge in [0.15, 0.2) is 0 Å². The van der Waals surface area contributed by atoms with Crippen molar-refractivity contribution in [3.8, 4) is 0 Å². The van der Waals surface area contributed by atoms with Gasteiger partial charge in [0.05, 0.1) is 11.0 Å². The molecule has 1 fully saturated rings. The monoisotopic (exact) mass is 331 g/mol. The van der Waals surface area contributed by atoms with Gasteiger partial charge in [0.2, 0.25) is 5.91 Å². The van der Waals surface area contributed by atoms with Crippen molar-refractivity contribution in [2.75, 3.05) is 13.1 Å². The summed E-state index contributed by atoms with van der Waals surface area (Å²) in [6.07, 6.45) is 4.63. The van der Waals surface area contributed by atoms with E-state index in [1.165, 1.54) is 6.21 Å². The zero-order valence-electron chi connectivity index (χ0n) is 12.6. The van der Waals surface area contributed by atoms with E-state index in [1.54, 1.807) is 12.3 Å². The van der Waals surface area contributed by atoms with Crippen LogP contribution in [0.3, 0.4) is 0 Å². The van der Waals surface area contributed by atoms with Crippen LogP contribution in [0.25, 0.3) is 11.0 Å². The van der Waals surface area contributed by atoms with E-state index in [9.17, 15) is 4.79 Å². The van der Waals surface area contributed by atoms with Crippen molar-refractivity contribution >= 4 is 34.8 Å². The molecule has 0 spiro atoms. The first kappa shape index (κ1) is 15.8. The summed E-state index contributed by atoms with van der Waals surface area (Å²) in [5.41, 5.74) is 2.43. The highest BCUT2D eigenvalue weighted by Gasteiger charge is 2.20. The van der Waals surface area contributed by atoms with Gasteiger partial charge in [-0.2, -0.15) is 0 Å². The lowest BCUT2D eigenvalue weighted by Gasteiger charge is -2.16. The minimum atomic E-state index is -0.0928. The highest BCUT2D eigenvalue weighted by atomic mass is 35.5. The quantitative estimate of drug-likeness (QED) is 0.557. The molecule has 3 heterocycles. The number of carbonyl (C=O) groups is 1. The Balaban J connectivity index is 1.65. The van der Waals surface area contributed by atoms with Crippen molar-refractivity contribution < 1.29 is 4.79 Å². The number of rotatable bonds is 6. The Kier molecular flexibility index (Phi) is 4.83. The van der Waals surface area contributed by atoms with Crippen molar-refractivity contribution in [2.45, 2.75) is 24.8 Å². The number of pyridine rings is 2. The second-order valence-electron chi connectivity index (χ2n) is 5.68. The summed E-state index contributed by atoms with van der Waals surface area (Å²) >= 11 is 5.92. The molecule has 0 aromatic carbocycles. The van der Waals surface area contributed by atoms with Gasteiger partial charge in [-0.05, 0) is 30.2 Å². The molecule has 1 saturated heterocycles. The summed E-state index contributed by atoms with van der Waals surface area (Å²) in [6.45, 7) is 1.32. The molecule has 3 rings (SSSR count). The van der Waals surface area contributed by atoms with Crippen LogP contribution < -0.4 is 10.6 Å². The first-order valence-corrected chi connectivity index (χ1v) is 7.96. The number of nitrogens with zero attached hydrogens (tertiary/aromatic N) is 2. The van der Waals surface area contributed by atoms with Gasteiger partial charge >= 0.3 is 0 Å². The van der Waals surface area contributed by atoms with Gasteiger partial charge in [-0.3, -0.25) is 9.78 Å². The number of amides is 1. The van der Waals surface area contributed by atoms with Crippen LogP contribution in [0.15, 0.2) is 24.4 Å². The molecule has 0 radical (unpaired) electrons. The topological polar surface area (TPSA) is 90.8 Å². The molecule has 7 heteroatoms. The third-order valence-electron chi connectivity index (χ3n) is 3.99. The molecule has 0 bridgehead atoms. The van der Waals surface area contributed by atoms with E-state index in [2.05, 4.69) is 20.6 Å². The Bertz CT molecular complexity index is 735. The molecule has 2 aromatic heterocycles. The molecule has 3 N–H and O–H groups in total. The van der Waals surface area contributed by atoms with Gasteiger partial charge in [0.1, 0.15) is 5.15 Å². The Hall–Kier alpha value is -2.05. The molecular formula is C16H18ClN5O. The number of aromatic nitrogens is 2. The van der Waals surface area contributed by atoms with Crippen molar-refractivity contribution in [1.82, 2.24) is 20.6 Å². The smallest absolute Gasteiger partial charge is 0.220 e. The fourth-order valence-corrected chi connectivity index (χ4v) is 2.87. The zero-order chi connectivity index (χ0) is 16.2. The first-order valence-electron chi connectivity index (χ1n) is 7.58. The average molecular weight is 332 g/mol. The Morgan fingerprint density at radius 2 is 2.35 bits per heavy atom. The van der Waals surface area contributed by atoms with Crippen LogP contribution in [0.1, 0.15) is 24.3 Å². The summed E-state index contributed by atoms with van der Waals surface area (Å²) in [6, 6.07) is 5.64. The highest BCUT2D eigenvalue weighted by Crippen LogP contribution is 2.19. The summed E-state index contributed by atoms with van der Waals surface area (Å²) in [5.74, 6) is 0.0203. The lowest BCUT2D eigenvalue weighted by molar-refractivity contribution is -0.119. The molecule has 1 amide bonds. The summed E-state index contributed by atoms with van der Waals surface area (Å²) in [4.78, 5) is 19.8. The summed E-state index contributed by atoms with van der Waals surface area (Å²) in [7, 11) is 0. The van der Waals surface area contributed by atoms with Crippen LogP contribution in [0.4, 0.5) is 0 Å². The number of hydrogen-bond donors (Lipinski definition) is 3. The molecule has 0 aliphatic carbocycles. The predicted octanol–water partition coefficient (Wildman–Crippen LogP) is 1.88. The Morgan fingerprint density at radius 3 is 3.09 bits per heavy atom. The fourth-order valence-electron chi connectivity index (χ4n) is 2.72. The van der Waals surface area contributed by atoms with Crippen LogP contribution >= 0.6 is 11.6 Å². The van der Waals surface area contributed by atoms with E-state index in [4.69, 9.17) is 17.0 Å². The molecule has 1 aliphatic heterocycles. The number of fused-ring (bicyclic) bond motifs is 1. The van der Waals surface area contributed by atoms with Gasteiger partial charge in [-0.25, -0.2) is 4.98 Å². The lowest BCUT2D eigenvalue weighted by Crippen LogP contribution is -2.37. The fraction of sp³-hybridized carbons (Fsp3) is 0.375. The number of hydrogen-bond acceptors (Lipinski definition) is 5. The maximum Gasteiger partial charge on any atom is 0.220 e. The number of carbonyl (C=O) groups excluding carboxylic acids is 1. The van der Waals surface area contributed by atoms with Gasteiger partial charge < -0.3 is 16.0 Å². The maximum absolute atomic E-state index is 11.2. The van der Waals surface area contributed by atoms with Crippen molar-refractivity contribution in [1.29, 1.82) is 5.41 Å². The van der Waals surface area contributed by atoms with Crippen LogP contribution in [-0.2, 0) is 4.79 Å². The lowest BCUT2D eigenvalue weighted by atomic mass is 10.0. The highest BCUT2D eigenvalue weighted by molar-refractivity contribution is 6.29. The third kappa shape index (κ3) is 3.83. The molecule has 6 nitrogen and oxygen atoms in total. The molecule has 2 aromatic rings. The first-order chi connectivity index (χ1) is 11.2. The summed E-state index contributed by atoms with van der Waals surface area (Å²) in [5, 5.41) is 14.3. The van der Waals surface area contributed by atoms with E-state index in [0.717, 1.165) is 23.0 Å². The largest absolute Gasteiger partial charge is 0.352 e. The molecule has 1 aliphatic rings. The van der Waals surface area contributed by atoms with Crippen molar-refractivity contribution in [3.63, 3.8) is 0 Å². The second kappa shape index (κ2) is 7.02. The van der Waals surface area contributed by atoms with E-state index >= 15 is 0 Å². The van der Waals surface area contributed by atoms with Crippen LogP contribution in [0.2, 0.25) is 5.15 Å². The zero-order valence-corrected chi connectivity index (χ0v) is 13.3. The number of halogens is 1. The minimum absolute atomic E-state index is 0.0928. The van der Waals surface area contributed by atoms with Crippen LogP contribution in [0, 0.1) is 5.41 Å². The van der Waals surface area contributed by atoms with Crippen molar-refractivity contribution in [2.24, 2.45) is 0 Å². The molecule has 2 atom stereocenters. The minimum Gasteiger partial charge on any atom is -0.352 e. The van der Waals surface area contributed by atoms with E-state index in [-0.39, 0.29) is 17.9 Å².